The second-order valence-corrected chi connectivity index (χ2v) is 6.41. The molecule has 0 aliphatic heterocycles. The summed E-state index contributed by atoms with van der Waals surface area (Å²) in [5.41, 5.74) is 1.58. The van der Waals surface area contributed by atoms with Crippen LogP contribution < -0.4 is 5.32 Å². The van der Waals surface area contributed by atoms with E-state index < -0.39 is 0 Å². The summed E-state index contributed by atoms with van der Waals surface area (Å²) in [6, 6.07) is 2.77. The predicted molar refractivity (Wildman–Crippen MR) is 77.2 cm³/mol. The van der Waals surface area contributed by atoms with Crippen LogP contribution in [-0.2, 0) is 26.4 Å². The van der Waals surface area contributed by atoms with E-state index >= 15 is 0 Å². The molecule has 102 valence electrons. The van der Waals surface area contributed by atoms with Gasteiger partial charge in [-0.2, -0.15) is 5.10 Å². The van der Waals surface area contributed by atoms with Gasteiger partial charge in [-0.1, -0.05) is 0 Å². The van der Waals surface area contributed by atoms with Crippen LogP contribution in [0.5, 0.6) is 0 Å². The minimum atomic E-state index is 0.374. The van der Waals surface area contributed by atoms with Crippen molar-refractivity contribution in [2.75, 3.05) is 0 Å². The summed E-state index contributed by atoms with van der Waals surface area (Å²) in [6.45, 7) is 2.95. The molecule has 3 rings (SSSR count). The van der Waals surface area contributed by atoms with Gasteiger partial charge in [0.05, 0.1) is 6.54 Å². The summed E-state index contributed by atoms with van der Waals surface area (Å²) in [4.78, 5) is 7.29. The molecule has 1 atom stereocenters. The molecule has 0 saturated carbocycles. The quantitative estimate of drug-likeness (QED) is 0.933. The maximum absolute atomic E-state index is 4.29. The molecular weight excluding hydrogens is 256 g/mol. The highest BCUT2D eigenvalue weighted by Crippen LogP contribution is 2.32. The van der Waals surface area contributed by atoms with Gasteiger partial charge in [-0.05, 0) is 44.2 Å². The molecule has 0 saturated heterocycles. The number of aryl methyl sites for hydroxylation is 3. The highest BCUT2D eigenvalue weighted by atomic mass is 32.1. The third-order valence-corrected chi connectivity index (χ3v) is 5.08. The van der Waals surface area contributed by atoms with Crippen molar-refractivity contribution < 1.29 is 0 Å². The van der Waals surface area contributed by atoms with E-state index in [0.29, 0.717) is 6.04 Å². The number of aromatic nitrogens is 3. The fourth-order valence-corrected chi connectivity index (χ4v) is 3.82. The predicted octanol–water partition coefficient (Wildman–Crippen LogP) is 2.61. The van der Waals surface area contributed by atoms with E-state index in [1.165, 1.54) is 30.6 Å². The van der Waals surface area contributed by atoms with E-state index in [-0.39, 0.29) is 0 Å². The number of thiophene rings is 1. The van der Waals surface area contributed by atoms with Crippen LogP contribution in [0.15, 0.2) is 12.4 Å². The van der Waals surface area contributed by atoms with Gasteiger partial charge in [0.1, 0.15) is 6.33 Å². The normalized spacial score (nSPS) is 16.3. The summed E-state index contributed by atoms with van der Waals surface area (Å²) in [5.74, 6) is 0.857. The molecule has 0 radical (unpaired) electrons. The Hall–Kier alpha value is -1.20. The molecule has 5 heteroatoms. The largest absolute Gasteiger partial charge is 0.302 e. The van der Waals surface area contributed by atoms with Crippen LogP contribution in [0.4, 0.5) is 0 Å². The molecule has 4 nitrogen and oxygen atoms in total. The first-order valence-electron chi connectivity index (χ1n) is 6.92. The number of nitrogens with zero attached hydrogens (tertiary/aromatic N) is 3. The lowest BCUT2D eigenvalue weighted by Crippen LogP contribution is -2.18. The first kappa shape index (κ1) is 12.8. The highest BCUT2D eigenvalue weighted by Gasteiger charge is 2.16. The molecule has 1 unspecified atom stereocenters. The molecule has 2 heterocycles. The molecule has 1 aliphatic rings. The van der Waals surface area contributed by atoms with E-state index in [4.69, 9.17) is 0 Å². The average molecular weight is 276 g/mol. The SMILES string of the molecule is CC(NCc1ncn(C)n1)c1cc2c(s1)CCCC2. The molecule has 0 spiro atoms. The van der Waals surface area contributed by atoms with Crippen LogP contribution >= 0.6 is 11.3 Å². The molecule has 0 aromatic carbocycles. The number of fused-ring (bicyclic) bond motifs is 1. The monoisotopic (exact) mass is 276 g/mol. The third kappa shape index (κ3) is 2.87. The van der Waals surface area contributed by atoms with Crippen LogP contribution in [0.3, 0.4) is 0 Å². The lowest BCUT2D eigenvalue weighted by atomic mass is 9.99. The zero-order chi connectivity index (χ0) is 13.2. The van der Waals surface area contributed by atoms with Gasteiger partial charge in [0.15, 0.2) is 5.82 Å². The minimum Gasteiger partial charge on any atom is -0.302 e. The number of hydrogen-bond acceptors (Lipinski definition) is 4. The van der Waals surface area contributed by atoms with E-state index in [0.717, 1.165) is 12.4 Å². The Balaban J connectivity index is 1.63. The summed E-state index contributed by atoms with van der Waals surface area (Å²) < 4.78 is 1.74. The van der Waals surface area contributed by atoms with Gasteiger partial charge in [-0.3, -0.25) is 4.68 Å². The Bertz CT molecular complexity index is 534. The Morgan fingerprint density at radius 2 is 2.26 bits per heavy atom. The van der Waals surface area contributed by atoms with Crippen LogP contribution in [0, 0.1) is 0 Å². The topological polar surface area (TPSA) is 42.7 Å². The molecule has 2 aromatic rings. The maximum atomic E-state index is 4.29. The second-order valence-electron chi connectivity index (χ2n) is 5.24. The summed E-state index contributed by atoms with van der Waals surface area (Å²) in [5, 5.41) is 7.80. The van der Waals surface area contributed by atoms with Gasteiger partial charge in [-0.15, -0.1) is 11.3 Å². The first-order chi connectivity index (χ1) is 9.22. The van der Waals surface area contributed by atoms with Crippen molar-refractivity contribution in [1.82, 2.24) is 20.1 Å². The van der Waals surface area contributed by atoms with Gasteiger partial charge in [0.2, 0.25) is 0 Å². The van der Waals surface area contributed by atoms with Crippen molar-refractivity contribution in [2.45, 2.75) is 45.2 Å². The first-order valence-corrected chi connectivity index (χ1v) is 7.73. The van der Waals surface area contributed by atoms with Gasteiger partial charge in [0, 0.05) is 22.8 Å². The average Bonchev–Trinajstić information content (AvgIpc) is 3.01. The van der Waals surface area contributed by atoms with Crippen molar-refractivity contribution in [1.29, 1.82) is 0 Å². The molecule has 1 aliphatic carbocycles. The Morgan fingerprint density at radius 1 is 1.42 bits per heavy atom. The molecular formula is C14H20N4S. The summed E-state index contributed by atoms with van der Waals surface area (Å²) in [7, 11) is 1.90. The molecule has 1 N–H and O–H groups in total. The van der Waals surface area contributed by atoms with Gasteiger partial charge in [-0.25, -0.2) is 4.98 Å². The van der Waals surface area contributed by atoms with E-state index in [1.54, 1.807) is 21.4 Å². The van der Waals surface area contributed by atoms with E-state index in [9.17, 15) is 0 Å². The summed E-state index contributed by atoms with van der Waals surface area (Å²) >= 11 is 1.98. The lowest BCUT2D eigenvalue weighted by molar-refractivity contribution is 0.563. The van der Waals surface area contributed by atoms with E-state index in [2.05, 4.69) is 28.4 Å². The molecule has 19 heavy (non-hydrogen) atoms. The van der Waals surface area contributed by atoms with Crippen LogP contribution in [0.1, 0.15) is 46.9 Å². The third-order valence-electron chi connectivity index (χ3n) is 3.66. The van der Waals surface area contributed by atoms with Gasteiger partial charge in [0.25, 0.3) is 0 Å². The van der Waals surface area contributed by atoms with Crippen molar-refractivity contribution >= 4 is 11.3 Å². The molecule has 2 aromatic heterocycles. The number of nitrogens with one attached hydrogen (secondary N) is 1. The van der Waals surface area contributed by atoms with Gasteiger partial charge >= 0.3 is 0 Å². The Labute approximate surface area is 117 Å². The molecule has 0 fully saturated rings. The smallest absolute Gasteiger partial charge is 0.164 e. The van der Waals surface area contributed by atoms with E-state index in [1.807, 2.05) is 18.4 Å². The molecule has 0 amide bonds. The van der Waals surface area contributed by atoms with Crippen molar-refractivity contribution in [3.05, 3.63) is 33.5 Å². The minimum absolute atomic E-state index is 0.374. The lowest BCUT2D eigenvalue weighted by Gasteiger charge is -2.10. The zero-order valence-electron chi connectivity index (χ0n) is 11.5. The molecule has 0 bridgehead atoms. The Morgan fingerprint density at radius 3 is 3.00 bits per heavy atom. The summed E-state index contributed by atoms with van der Waals surface area (Å²) in [6.07, 6.45) is 6.98. The number of rotatable bonds is 4. The fourth-order valence-electron chi connectivity index (χ4n) is 2.54. The standard InChI is InChI=1S/C14H20N4S/c1-10(15-8-14-16-9-18(2)17-14)13-7-11-5-3-4-6-12(11)19-13/h7,9-10,15H,3-6,8H2,1-2H3. The number of hydrogen-bond donors (Lipinski definition) is 1. The van der Waals surface area contributed by atoms with Crippen LogP contribution in [-0.4, -0.2) is 14.8 Å². The van der Waals surface area contributed by atoms with Crippen LogP contribution in [0.2, 0.25) is 0 Å². The van der Waals surface area contributed by atoms with Crippen molar-refractivity contribution in [3.8, 4) is 0 Å². The maximum Gasteiger partial charge on any atom is 0.164 e. The fraction of sp³-hybridized carbons (Fsp3) is 0.571. The van der Waals surface area contributed by atoms with Crippen molar-refractivity contribution in [3.63, 3.8) is 0 Å². The highest BCUT2D eigenvalue weighted by molar-refractivity contribution is 7.12. The Kier molecular flexibility index (Phi) is 3.66. The van der Waals surface area contributed by atoms with Crippen molar-refractivity contribution in [2.24, 2.45) is 7.05 Å². The van der Waals surface area contributed by atoms with Crippen LogP contribution in [0.25, 0.3) is 0 Å². The zero-order valence-corrected chi connectivity index (χ0v) is 12.3. The second kappa shape index (κ2) is 5.43. The van der Waals surface area contributed by atoms with Gasteiger partial charge < -0.3 is 5.32 Å².